The number of amides is 2. The van der Waals surface area contributed by atoms with Gasteiger partial charge in [0, 0.05) is 43.6 Å². The number of aromatic nitrogens is 3. The van der Waals surface area contributed by atoms with Crippen LogP contribution in [0.2, 0.25) is 0 Å². The molecule has 0 spiro atoms. The fourth-order valence-corrected chi connectivity index (χ4v) is 3.47. The maximum Gasteiger partial charge on any atom is 0.407 e. The minimum Gasteiger partial charge on any atom is -0.465 e. The molecule has 114 valence electrons. The van der Waals surface area contributed by atoms with Crippen LogP contribution < -0.4 is 0 Å². The standard InChI is InChI=1S/C14H15N5O3/c20-13(8-1-2-11-12(3-8)16-17-15-11)18-4-9-6-19(14(21)22)7-10(9)5-18/h1-3,9-10H,4-7H2,(H,21,22)(H,15,16,17)/t9-,10-/m0/s1. The van der Waals surface area contributed by atoms with Crippen LogP contribution in [0, 0.1) is 11.8 Å². The number of benzene rings is 1. The topological polar surface area (TPSA) is 102 Å². The van der Waals surface area contributed by atoms with Crippen LogP contribution in [0.4, 0.5) is 4.79 Å². The van der Waals surface area contributed by atoms with Crippen LogP contribution in [-0.4, -0.2) is 68.5 Å². The molecule has 0 unspecified atom stereocenters. The Labute approximate surface area is 125 Å². The van der Waals surface area contributed by atoms with Crippen molar-refractivity contribution in [3.8, 4) is 0 Å². The fraction of sp³-hybridized carbons (Fsp3) is 0.429. The van der Waals surface area contributed by atoms with E-state index in [2.05, 4.69) is 15.4 Å². The van der Waals surface area contributed by atoms with Crippen LogP contribution in [0.3, 0.4) is 0 Å². The molecular formula is C14H15N5O3. The first-order valence-corrected chi connectivity index (χ1v) is 7.19. The molecule has 4 rings (SSSR count). The van der Waals surface area contributed by atoms with E-state index in [0.29, 0.717) is 37.3 Å². The third kappa shape index (κ3) is 1.99. The lowest BCUT2D eigenvalue weighted by molar-refractivity contribution is 0.0774. The molecule has 1 aromatic carbocycles. The summed E-state index contributed by atoms with van der Waals surface area (Å²) >= 11 is 0. The number of aromatic amines is 1. The smallest absolute Gasteiger partial charge is 0.407 e. The first kappa shape index (κ1) is 13.1. The second kappa shape index (κ2) is 4.69. The van der Waals surface area contributed by atoms with Crippen LogP contribution in [0.1, 0.15) is 10.4 Å². The van der Waals surface area contributed by atoms with Crippen LogP contribution in [0.5, 0.6) is 0 Å². The molecular weight excluding hydrogens is 286 g/mol. The van der Waals surface area contributed by atoms with E-state index in [9.17, 15) is 9.59 Å². The normalized spacial score (nSPS) is 24.0. The third-order valence-corrected chi connectivity index (χ3v) is 4.61. The first-order valence-electron chi connectivity index (χ1n) is 7.19. The number of hydrogen-bond donors (Lipinski definition) is 2. The minimum atomic E-state index is -0.872. The molecule has 2 aliphatic rings. The molecule has 1 aromatic heterocycles. The van der Waals surface area contributed by atoms with Gasteiger partial charge in [0.2, 0.25) is 0 Å². The van der Waals surface area contributed by atoms with Crippen molar-refractivity contribution in [3.63, 3.8) is 0 Å². The lowest BCUT2D eigenvalue weighted by atomic mass is 10.0. The Morgan fingerprint density at radius 3 is 2.36 bits per heavy atom. The lowest BCUT2D eigenvalue weighted by Crippen LogP contribution is -2.35. The van der Waals surface area contributed by atoms with Crippen molar-refractivity contribution >= 4 is 23.0 Å². The number of fused-ring (bicyclic) bond motifs is 2. The van der Waals surface area contributed by atoms with Crippen molar-refractivity contribution in [2.24, 2.45) is 11.8 Å². The molecule has 0 radical (unpaired) electrons. The van der Waals surface area contributed by atoms with Gasteiger partial charge in [-0.15, -0.1) is 0 Å². The van der Waals surface area contributed by atoms with Crippen molar-refractivity contribution < 1.29 is 14.7 Å². The summed E-state index contributed by atoms with van der Waals surface area (Å²) in [4.78, 5) is 26.9. The highest BCUT2D eigenvalue weighted by Gasteiger charge is 2.43. The summed E-state index contributed by atoms with van der Waals surface area (Å²) in [6.45, 7) is 2.27. The van der Waals surface area contributed by atoms with Gasteiger partial charge in [-0.05, 0) is 18.2 Å². The summed E-state index contributed by atoms with van der Waals surface area (Å²) in [6.07, 6.45) is -0.872. The van der Waals surface area contributed by atoms with Gasteiger partial charge in [0.25, 0.3) is 5.91 Å². The highest BCUT2D eigenvalue weighted by atomic mass is 16.4. The van der Waals surface area contributed by atoms with Crippen molar-refractivity contribution in [2.45, 2.75) is 0 Å². The van der Waals surface area contributed by atoms with Crippen molar-refractivity contribution in [2.75, 3.05) is 26.2 Å². The van der Waals surface area contributed by atoms with E-state index in [-0.39, 0.29) is 17.7 Å². The molecule has 0 aliphatic carbocycles. The highest BCUT2D eigenvalue weighted by Crippen LogP contribution is 2.32. The van der Waals surface area contributed by atoms with Gasteiger partial charge in [-0.25, -0.2) is 4.79 Å². The van der Waals surface area contributed by atoms with E-state index in [1.54, 1.807) is 18.2 Å². The minimum absolute atomic E-state index is 0.0267. The zero-order valence-electron chi connectivity index (χ0n) is 11.8. The summed E-state index contributed by atoms with van der Waals surface area (Å²) < 4.78 is 0. The van der Waals surface area contributed by atoms with Gasteiger partial charge >= 0.3 is 6.09 Å². The van der Waals surface area contributed by atoms with E-state index in [1.807, 2.05) is 4.90 Å². The Balaban J connectivity index is 1.50. The first-order chi connectivity index (χ1) is 10.6. The van der Waals surface area contributed by atoms with Crippen LogP contribution >= 0.6 is 0 Å². The number of nitrogens with zero attached hydrogens (tertiary/aromatic N) is 4. The second-order valence-corrected chi connectivity index (χ2v) is 5.94. The van der Waals surface area contributed by atoms with Crippen LogP contribution in [0.25, 0.3) is 11.0 Å². The molecule has 2 fully saturated rings. The van der Waals surface area contributed by atoms with Gasteiger partial charge in [0.15, 0.2) is 0 Å². The van der Waals surface area contributed by atoms with Gasteiger partial charge in [0.1, 0.15) is 11.0 Å². The average Bonchev–Trinajstić information content (AvgIpc) is 3.18. The maximum atomic E-state index is 12.6. The lowest BCUT2D eigenvalue weighted by Gasteiger charge is -2.20. The molecule has 22 heavy (non-hydrogen) atoms. The molecule has 8 heteroatoms. The van der Waals surface area contributed by atoms with Crippen LogP contribution in [0.15, 0.2) is 18.2 Å². The molecule has 2 amide bonds. The molecule has 2 N–H and O–H groups in total. The number of carboxylic acid groups (broad SMARTS) is 1. The number of nitrogens with one attached hydrogen (secondary N) is 1. The Morgan fingerprint density at radius 2 is 1.68 bits per heavy atom. The third-order valence-electron chi connectivity index (χ3n) is 4.61. The quantitative estimate of drug-likeness (QED) is 0.804. The van der Waals surface area contributed by atoms with E-state index < -0.39 is 6.09 Å². The monoisotopic (exact) mass is 301 g/mol. The Hall–Kier alpha value is -2.64. The molecule has 2 saturated heterocycles. The van der Waals surface area contributed by atoms with E-state index in [1.165, 1.54) is 4.90 Å². The number of hydrogen-bond acceptors (Lipinski definition) is 4. The fourth-order valence-electron chi connectivity index (χ4n) is 3.47. The molecule has 2 aliphatic heterocycles. The predicted molar refractivity (Wildman–Crippen MR) is 76.4 cm³/mol. The zero-order valence-corrected chi connectivity index (χ0v) is 11.8. The summed E-state index contributed by atoms with van der Waals surface area (Å²) in [5.41, 5.74) is 1.99. The van der Waals surface area contributed by atoms with E-state index in [0.717, 1.165) is 5.52 Å². The SMILES string of the molecule is O=C(O)N1C[C@@H]2CN(C(=O)c3ccc4n[nH]nc4c3)C[C@H]2C1. The molecule has 0 bridgehead atoms. The van der Waals surface area contributed by atoms with Gasteiger partial charge in [-0.1, -0.05) is 0 Å². The number of H-pyrrole nitrogens is 1. The number of rotatable bonds is 1. The van der Waals surface area contributed by atoms with Gasteiger partial charge < -0.3 is 14.9 Å². The number of carbonyl (C=O) groups excluding carboxylic acids is 1. The Bertz CT molecular complexity index is 744. The Kier molecular flexibility index (Phi) is 2.78. The van der Waals surface area contributed by atoms with Gasteiger partial charge in [0.05, 0.1) is 0 Å². The van der Waals surface area contributed by atoms with Gasteiger partial charge in [-0.2, -0.15) is 15.4 Å². The molecule has 3 heterocycles. The summed E-state index contributed by atoms with van der Waals surface area (Å²) in [5.74, 6) is 0.466. The molecule has 2 atom stereocenters. The number of carbonyl (C=O) groups is 2. The largest absolute Gasteiger partial charge is 0.465 e. The summed E-state index contributed by atoms with van der Waals surface area (Å²) in [6, 6.07) is 5.26. The predicted octanol–water partition coefficient (Wildman–Crippen LogP) is 0.640. The molecule has 2 aromatic rings. The second-order valence-electron chi connectivity index (χ2n) is 5.94. The zero-order chi connectivity index (χ0) is 15.3. The summed E-state index contributed by atoms with van der Waals surface area (Å²) in [7, 11) is 0. The number of likely N-dealkylation sites (tertiary alicyclic amines) is 2. The van der Waals surface area contributed by atoms with Crippen molar-refractivity contribution in [1.29, 1.82) is 0 Å². The van der Waals surface area contributed by atoms with E-state index >= 15 is 0 Å². The van der Waals surface area contributed by atoms with Crippen molar-refractivity contribution in [1.82, 2.24) is 25.2 Å². The van der Waals surface area contributed by atoms with Crippen molar-refractivity contribution in [3.05, 3.63) is 23.8 Å². The van der Waals surface area contributed by atoms with E-state index in [4.69, 9.17) is 5.11 Å². The maximum absolute atomic E-state index is 12.6. The van der Waals surface area contributed by atoms with Crippen LogP contribution in [-0.2, 0) is 0 Å². The molecule has 0 saturated carbocycles. The Morgan fingerprint density at radius 1 is 1.05 bits per heavy atom. The van der Waals surface area contributed by atoms with Gasteiger partial charge in [-0.3, -0.25) is 4.79 Å². The summed E-state index contributed by atoms with van der Waals surface area (Å²) in [5, 5.41) is 19.5. The highest BCUT2D eigenvalue weighted by molar-refractivity contribution is 5.97. The molecule has 8 nitrogen and oxygen atoms in total. The average molecular weight is 301 g/mol.